The van der Waals surface area contributed by atoms with Gasteiger partial charge in [0, 0.05) is 25.0 Å². The first-order chi connectivity index (χ1) is 10.1. The molecular weight excluding hydrogens is 260 g/mol. The first-order valence-electron chi connectivity index (χ1n) is 8.22. The van der Waals surface area contributed by atoms with Gasteiger partial charge in [0.25, 0.3) is 0 Å². The van der Waals surface area contributed by atoms with E-state index in [9.17, 15) is 4.79 Å². The van der Waals surface area contributed by atoms with E-state index in [-0.39, 0.29) is 12.0 Å². The van der Waals surface area contributed by atoms with Gasteiger partial charge in [0.2, 0.25) is 5.91 Å². The number of carbonyl (C=O) groups is 1. The lowest BCUT2D eigenvalue weighted by atomic mass is 9.88. The van der Waals surface area contributed by atoms with Crippen LogP contribution >= 0.6 is 0 Å². The number of nitrogens with zero attached hydrogens (tertiary/aromatic N) is 1. The van der Waals surface area contributed by atoms with Gasteiger partial charge in [-0.3, -0.25) is 4.79 Å². The number of carbonyl (C=O) groups excluding carboxylic acids is 1. The Bertz CT molecular complexity index is 442. The average Bonchev–Trinajstić information content (AvgIpc) is 2.49. The lowest BCUT2D eigenvalue weighted by Gasteiger charge is -2.38. The second-order valence-corrected chi connectivity index (χ2v) is 6.31. The van der Waals surface area contributed by atoms with E-state index in [1.54, 1.807) is 0 Å². The van der Waals surface area contributed by atoms with Gasteiger partial charge in [-0.2, -0.15) is 0 Å². The van der Waals surface area contributed by atoms with E-state index in [0.29, 0.717) is 11.8 Å². The Morgan fingerprint density at radius 2 is 1.90 bits per heavy atom. The maximum absolute atomic E-state index is 12.6. The highest BCUT2D eigenvalue weighted by Gasteiger charge is 2.30. The van der Waals surface area contributed by atoms with Crippen molar-refractivity contribution in [2.75, 3.05) is 13.1 Å². The Balaban J connectivity index is 2.00. The second-order valence-electron chi connectivity index (χ2n) is 6.31. The predicted molar refractivity (Wildman–Crippen MR) is 86.9 cm³/mol. The maximum atomic E-state index is 12.6. The molecule has 0 aromatic heterocycles. The monoisotopic (exact) mass is 288 g/mol. The Kier molecular flexibility index (Phi) is 5.80. The van der Waals surface area contributed by atoms with Crippen LogP contribution in [0.4, 0.5) is 0 Å². The smallest absolute Gasteiger partial charge is 0.225 e. The Morgan fingerprint density at radius 1 is 1.24 bits per heavy atom. The van der Waals surface area contributed by atoms with Gasteiger partial charge in [-0.15, -0.1) is 0 Å². The van der Waals surface area contributed by atoms with Gasteiger partial charge in [0.05, 0.1) is 0 Å². The summed E-state index contributed by atoms with van der Waals surface area (Å²) in [5.74, 6) is 0.940. The van der Waals surface area contributed by atoms with Gasteiger partial charge in [-0.05, 0) is 37.2 Å². The molecule has 2 unspecified atom stereocenters. The molecule has 0 saturated carbocycles. The van der Waals surface area contributed by atoms with Crippen molar-refractivity contribution >= 4 is 5.91 Å². The van der Waals surface area contributed by atoms with E-state index < -0.39 is 0 Å². The summed E-state index contributed by atoms with van der Waals surface area (Å²) < 4.78 is 0. The zero-order chi connectivity index (χ0) is 15.2. The summed E-state index contributed by atoms with van der Waals surface area (Å²) in [4.78, 5) is 14.6. The molecule has 0 spiro atoms. The fraction of sp³-hybridized carbons (Fsp3) is 0.611. The molecule has 3 heteroatoms. The molecule has 3 nitrogen and oxygen atoms in total. The summed E-state index contributed by atoms with van der Waals surface area (Å²) >= 11 is 0. The highest BCUT2D eigenvalue weighted by Crippen LogP contribution is 2.23. The fourth-order valence-corrected chi connectivity index (χ4v) is 3.42. The van der Waals surface area contributed by atoms with Crippen molar-refractivity contribution in [2.24, 2.45) is 17.6 Å². The summed E-state index contributed by atoms with van der Waals surface area (Å²) in [6.45, 7) is 5.77. The van der Waals surface area contributed by atoms with Gasteiger partial charge < -0.3 is 10.6 Å². The molecule has 1 fully saturated rings. The van der Waals surface area contributed by atoms with Crippen LogP contribution in [-0.4, -0.2) is 29.9 Å². The van der Waals surface area contributed by atoms with E-state index >= 15 is 0 Å². The lowest BCUT2D eigenvalue weighted by Crippen LogP contribution is -2.51. The van der Waals surface area contributed by atoms with Crippen LogP contribution in [0.25, 0.3) is 0 Å². The lowest BCUT2D eigenvalue weighted by molar-refractivity contribution is -0.138. The van der Waals surface area contributed by atoms with Crippen molar-refractivity contribution in [3.05, 3.63) is 35.9 Å². The van der Waals surface area contributed by atoms with Crippen LogP contribution in [0.5, 0.6) is 0 Å². The Morgan fingerprint density at radius 3 is 2.52 bits per heavy atom. The molecule has 0 bridgehead atoms. The molecule has 21 heavy (non-hydrogen) atoms. The van der Waals surface area contributed by atoms with E-state index in [1.807, 2.05) is 11.0 Å². The van der Waals surface area contributed by atoms with Crippen molar-refractivity contribution in [1.29, 1.82) is 0 Å². The summed E-state index contributed by atoms with van der Waals surface area (Å²) in [5, 5.41) is 0. The molecule has 1 saturated heterocycles. The van der Waals surface area contributed by atoms with Gasteiger partial charge >= 0.3 is 0 Å². The van der Waals surface area contributed by atoms with Crippen LogP contribution < -0.4 is 5.73 Å². The molecule has 1 aromatic rings. The number of benzene rings is 1. The van der Waals surface area contributed by atoms with Gasteiger partial charge in [0.1, 0.15) is 0 Å². The SMILES string of the molecule is CCC(CC)C(=O)N1CC(N)CC(Cc2ccccc2)C1. The third kappa shape index (κ3) is 4.31. The largest absolute Gasteiger partial charge is 0.341 e. The summed E-state index contributed by atoms with van der Waals surface area (Å²) in [7, 11) is 0. The molecule has 2 atom stereocenters. The van der Waals surface area contributed by atoms with E-state index in [2.05, 4.69) is 38.1 Å². The van der Waals surface area contributed by atoms with Gasteiger partial charge in [-0.25, -0.2) is 0 Å². The third-order valence-electron chi connectivity index (χ3n) is 4.58. The minimum atomic E-state index is 0.116. The zero-order valence-electron chi connectivity index (χ0n) is 13.3. The van der Waals surface area contributed by atoms with Crippen LogP contribution in [-0.2, 0) is 11.2 Å². The normalized spacial score (nSPS) is 22.6. The summed E-state index contributed by atoms with van der Waals surface area (Å²) in [5.41, 5.74) is 7.54. The molecule has 1 aliphatic rings. The highest BCUT2D eigenvalue weighted by molar-refractivity contribution is 5.79. The fourth-order valence-electron chi connectivity index (χ4n) is 3.42. The van der Waals surface area contributed by atoms with E-state index in [1.165, 1.54) is 5.56 Å². The van der Waals surface area contributed by atoms with Crippen molar-refractivity contribution in [3.63, 3.8) is 0 Å². The highest BCUT2D eigenvalue weighted by atomic mass is 16.2. The molecule has 1 amide bonds. The minimum Gasteiger partial charge on any atom is -0.341 e. The topological polar surface area (TPSA) is 46.3 Å². The standard InChI is InChI=1S/C18H28N2O/c1-3-16(4-2)18(21)20-12-15(11-17(19)13-20)10-14-8-6-5-7-9-14/h5-9,15-17H,3-4,10-13,19H2,1-2H3. The molecule has 1 aliphatic heterocycles. The summed E-state index contributed by atoms with van der Waals surface area (Å²) in [6, 6.07) is 10.6. The van der Waals surface area contributed by atoms with Crippen LogP contribution in [0.1, 0.15) is 38.7 Å². The molecular formula is C18H28N2O. The molecule has 1 heterocycles. The Labute approximate surface area is 128 Å². The van der Waals surface area contributed by atoms with Crippen molar-refractivity contribution in [3.8, 4) is 0 Å². The van der Waals surface area contributed by atoms with Gasteiger partial charge in [0.15, 0.2) is 0 Å². The van der Waals surface area contributed by atoms with Crippen LogP contribution in [0.3, 0.4) is 0 Å². The first-order valence-corrected chi connectivity index (χ1v) is 8.22. The van der Waals surface area contributed by atoms with Crippen LogP contribution in [0.2, 0.25) is 0 Å². The van der Waals surface area contributed by atoms with Crippen molar-refractivity contribution < 1.29 is 4.79 Å². The molecule has 0 radical (unpaired) electrons. The Hall–Kier alpha value is -1.35. The number of nitrogens with two attached hydrogens (primary N) is 1. The number of amides is 1. The maximum Gasteiger partial charge on any atom is 0.225 e. The molecule has 116 valence electrons. The molecule has 0 aliphatic carbocycles. The van der Waals surface area contributed by atoms with E-state index in [0.717, 1.165) is 38.8 Å². The first kappa shape index (κ1) is 16.0. The van der Waals surface area contributed by atoms with Crippen molar-refractivity contribution in [2.45, 2.75) is 45.6 Å². The summed E-state index contributed by atoms with van der Waals surface area (Å²) in [6.07, 6.45) is 3.87. The van der Waals surface area contributed by atoms with E-state index in [4.69, 9.17) is 5.73 Å². The minimum absolute atomic E-state index is 0.116. The number of hydrogen-bond donors (Lipinski definition) is 1. The number of piperidine rings is 1. The zero-order valence-corrected chi connectivity index (χ0v) is 13.3. The van der Waals surface area contributed by atoms with Crippen LogP contribution in [0.15, 0.2) is 30.3 Å². The number of rotatable bonds is 5. The number of likely N-dealkylation sites (tertiary alicyclic amines) is 1. The molecule has 2 N–H and O–H groups in total. The van der Waals surface area contributed by atoms with Crippen LogP contribution in [0, 0.1) is 11.8 Å². The molecule has 1 aromatic carbocycles. The predicted octanol–water partition coefficient (Wildman–Crippen LogP) is 2.84. The van der Waals surface area contributed by atoms with Crippen molar-refractivity contribution in [1.82, 2.24) is 4.90 Å². The van der Waals surface area contributed by atoms with Gasteiger partial charge in [-0.1, -0.05) is 44.2 Å². The third-order valence-corrected chi connectivity index (χ3v) is 4.58. The second kappa shape index (κ2) is 7.60. The quantitative estimate of drug-likeness (QED) is 0.905. The number of hydrogen-bond acceptors (Lipinski definition) is 2. The average molecular weight is 288 g/mol. The molecule has 2 rings (SSSR count).